The van der Waals surface area contributed by atoms with Crippen LogP contribution in [0.2, 0.25) is 0 Å². The van der Waals surface area contributed by atoms with E-state index in [1.165, 1.54) is 0 Å². The van der Waals surface area contributed by atoms with Crippen LogP contribution in [-0.4, -0.2) is 45.0 Å². The Kier molecular flexibility index (Phi) is 3.73. The van der Waals surface area contributed by atoms with E-state index in [9.17, 15) is 4.79 Å². The van der Waals surface area contributed by atoms with E-state index in [0.29, 0.717) is 31.0 Å². The Morgan fingerprint density at radius 3 is 2.81 bits per heavy atom. The number of hydrogen-bond donors (Lipinski definition) is 2. The molecule has 2 aliphatic rings. The van der Waals surface area contributed by atoms with Gasteiger partial charge in [-0.25, -0.2) is 0 Å². The molecular formula is C15H21N3O3. The molecule has 0 unspecified atom stereocenters. The summed E-state index contributed by atoms with van der Waals surface area (Å²) in [6.45, 7) is 2.90. The largest absolute Gasteiger partial charge is 0.397 e. The molecule has 3 rings (SSSR count). The highest BCUT2D eigenvalue weighted by atomic mass is 16.7. The van der Waals surface area contributed by atoms with Crippen LogP contribution in [0.1, 0.15) is 23.2 Å². The van der Waals surface area contributed by atoms with Gasteiger partial charge in [-0.15, -0.1) is 0 Å². The van der Waals surface area contributed by atoms with Gasteiger partial charge in [-0.1, -0.05) is 0 Å². The number of rotatable bonds is 2. The number of benzene rings is 1. The molecule has 6 nitrogen and oxygen atoms in total. The average Bonchev–Trinajstić information content (AvgIpc) is 2.94. The van der Waals surface area contributed by atoms with Gasteiger partial charge in [0, 0.05) is 25.6 Å². The van der Waals surface area contributed by atoms with Gasteiger partial charge in [0.05, 0.1) is 31.1 Å². The molecule has 0 radical (unpaired) electrons. The summed E-state index contributed by atoms with van der Waals surface area (Å²) < 4.78 is 11.6. The Hall–Kier alpha value is -1.79. The standard InChI is InChI=1S/C15H21N3O3/c1-17-14(19)11-3-4-13(12(16)9-11)18-6-2-5-15(10-18)20-7-8-21-15/h3-4,9H,2,5-8,10,16H2,1H3,(H,17,19). The molecule has 0 aliphatic carbocycles. The van der Waals surface area contributed by atoms with Gasteiger partial charge in [-0.3, -0.25) is 4.79 Å². The van der Waals surface area contributed by atoms with E-state index in [1.807, 2.05) is 6.07 Å². The summed E-state index contributed by atoms with van der Waals surface area (Å²) in [5.74, 6) is -0.615. The molecule has 1 spiro atoms. The zero-order valence-corrected chi connectivity index (χ0v) is 12.2. The monoisotopic (exact) mass is 291 g/mol. The van der Waals surface area contributed by atoms with Crippen LogP contribution < -0.4 is 16.0 Å². The predicted octanol–water partition coefficient (Wildman–Crippen LogP) is 0.972. The van der Waals surface area contributed by atoms with E-state index in [0.717, 1.165) is 25.1 Å². The second-order valence-electron chi connectivity index (χ2n) is 5.49. The number of anilines is 2. The second-order valence-corrected chi connectivity index (χ2v) is 5.49. The van der Waals surface area contributed by atoms with Crippen LogP contribution in [0.3, 0.4) is 0 Å². The van der Waals surface area contributed by atoms with Crippen molar-refractivity contribution in [2.45, 2.75) is 18.6 Å². The molecule has 2 fully saturated rings. The Morgan fingerprint density at radius 1 is 1.38 bits per heavy atom. The molecule has 21 heavy (non-hydrogen) atoms. The van der Waals surface area contributed by atoms with E-state index in [1.54, 1.807) is 19.2 Å². The quantitative estimate of drug-likeness (QED) is 0.794. The zero-order valence-electron chi connectivity index (χ0n) is 12.2. The molecule has 3 N–H and O–H groups in total. The normalized spacial score (nSPS) is 20.7. The summed E-state index contributed by atoms with van der Waals surface area (Å²) in [5.41, 5.74) is 8.23. The molecule has 0 saturated carbocycles. The average molecular weight is 291 g/mol. The van der Waals surface area contributed by atoms with Gasteiger partial charge in [0.2, 0.25) is 0 Å². The number of carbonyl (C=O) groups is 1. The maximum absolute atomic E-state index is 11.6. The lowest BCUT2D eigenvalue weighted by molar-refractivity contribution is -0.161. The van der Waals surface area contributed by atoms with Crippen LogP contribution in [0.5, 0.6) is 0 Å². The maximum Gasteiger partial charge on any atom is 0.251 e. The molecule has 0 atom stereocenters. The van der Waals surface area contributed by atoms with Crippen molar-refractivity contribution in [1.82, 2.24) is 5.32 Å². The minimum Gasteiger partial charge on any atom is -0.397 e. The van der Waals surface area contributed by atoms with Crippen molar-refractivity contribution in [2.75, 3.05) is 44.0 Å². The molecule has 1 aromatic carbocycles. The molecule has 2 saturated heterocycles. The number of nitrogen functional groups attached to an aromatic ring is 1. The van der Waals surface area contributed by atoms with Crippen molar-refractivity contribution >= 4 is 17.3 Å². The fraction of sp³-hybridized carbons (Fsp3) is 0.533. The van der Waals surface area contributed by atoms with E-state index < -0.39 is 5.79 Å². The third kappa shape index (κ3) is 2.69. The number of nitrogens with zero attached hydrogens (tertiary/aromatic N) is 1. The third-order valence-electron chi connectivity index (χ3n) is 4.09. The molecule has 2 heterocycles. The van der Waals surface area contributed by atoms with E-state index in [4.69, 9.17) is 15.2 Å². The summed E-state index contributed by atoms with van der Waals surface area (Å²) in [6, 6.07) is 5.40. The van der Waals surface area contributed by atoms with Crippen molar-refractivity contribution in [1.29, 1.82) is 0 Å². The number of piperidine rings is 1. The minimum atomic E-state index is -0.482. The molecule has 2 aliphatic heterocycles. The van der Waals surface area contributed by atoms with Crippen LogP contribution in [0.4, 0.5) is 11.4 Å². The Balaban J connectivity index is 1.81. The van der Waals surface area contributed by atoms with E-state index >= 15 is 0 Å². The van der Waals surface area contributed by atoms with Gasteiger partial charge < -0.3 is 25.4 Å². The lowest BCUT2D eigenvalue weighted by Crippen LogP contribution is -2.49. The molecule has 114 valence electrons. The predicted molar refractivity (Wildman–Crippen MR) is 80.3 cm³/mol. The molecule has 0 aromatic heterocycles. The van der Waals surface area contributed by atoms with Crippen LogP contribution in [0.15, 0.2) is 18.2 Å². The molecule has 1 amide bonds. The first-order chi connectivity index (χ1) is 10.1. The van der Waals surface area contributed by atoms with Gasteiger partial charge >= 0.3 is 0 Å². The van der Waals surface area contributed by atoms with Crippen LogP contribution >= 0.6 is 0 Å². The summed E-state index contributed by atoms with van der Waals surface area (Å²) in [5, 5.41) is 2.60. The second kappa shape index (κ2) is 5.54. The molecule has 6 heteroatoms. The Morgan fingerprint density at radius 2 is 2.14 bits per heavy atom. The summed E-state index contributed by atoms with van der Waals surface area (Å²) in [6.07, 6.45) is 1.91. The molecule has 1 aromatic rings. The zero-order chi connectivity index (χ0) is 14.9. The van der Waals surface area contributed by atoms with Gasteiger partial charge in [0.1, 0.15) is 0 Å². The lowest BCUT2D eigenvalue weighted by atomic mass is 10.0. The first-order valence-electron chi connectivity index (χ1n) is 7.28. The summed E-state index contributed by atoms with van der Waals surface area (Å²) in [4.78, 5) is 13.8. The summed E-state index contributed by atoms with van der Waals surface area (Å²) in [7, 11) is 1.61. The maximum atomic E-state index is 11.6. The van der Waals surface area contributed by atoms with Crippen molar-refractivity contribution in [2.24, 2.45) is 0 Å². The van der Waals surface area contributed by atoms with E-state index in [2.05, 4.69) is 10.2 Å². The molecule has 0 bridgehead atoms. The van der Waals surface area contributed by atoms with Gasteiger partial charge in [0.25, 0.3) is 5.91 Å². The lowest BCUT2D eigenvalue weighted by Gasteiger charge is -2.40. The van der Waals surface area contributed by atoms with Crippen LogP contribution in [-0.2, 0) is 9.47 Å². The highest BCUT2D eigenvalue weighted by Gasteiger charge is 2.41. The molecular weight excluding hydrogens is 270 g/mol. The van der Waals surface area contributed by atoms with Crippen molar-refractivity contribution in [3.63, 3.8) is 0 Å². The third-order valence-corrected chi connectivity index (χ3v) is 4.09. The van der Waals surface area contributed by atoms with Crippen LogP contribution in [0, 0.1) is 0 Å². The number of nitrogens with one attached hydrogen (secondary N) is 1. The fourth-order valence-electron chi connectivity index (χ4n) is 3.05. The SMILES string of the molecule is CNC(=O)c1ccc(N2CCCC3(C2)OCCO3)c(N)c1. The van der Waals surface area contributed by atoms with E-state index in [-0.39, 0.29) is 5.91 Å². The van der Waals surface area contributed by atoms with Crippen molar-refractivity contribution in [3.8, 4) is 0 Å². The Labute approximate surface area is 124 Å². The smallest absolute Gasteiger partial charge is 0.251 e. The topological polar surface area (TPSA) is 76.8 Å². The van der Waals surface area contributed by atoms with Gasteiger partial charge in [0.15, 0.2) is 5.79 Å². The minimum absolute atomic E-state index is 0.133. The Bertz CT molecular complexity index is 541. The van der Waals surface area contributed by atoms with Crippen molar-refractivity contribution < 1.29 is 14.3 Å². The van der Waals surface area contributed by atoms with Gasteiger partial charge in [-0.2, -0.15) is 0 Å². The van der Waals surface area contributed by atoms with Crippen molar-refractivity contribution in [3.05, 3.63) is 23.8 Å². The number of amides is 1. The highest BCUT2D eigenvalue weighted by Crippen LogP contribution is 2.34. The fourth-order valence-corrected chi connectivity index (χ4v) is 3.05. The number of nitrogens with two attached hydrogens (primary N) is 1. The number of ether oxygens (including phenoxy) is 2. The number of carbonyl (C=O) groups excluding carboxylic acids is 1. The number of hydrogen-bond acceptors (Lipinski definition) is 5. The van der Waals surface area contributed by atoms with Crippen LogP contribution in [0.25, 0.3) is 0 Å². The first kappa shape index (κ1) is 14.2. The highest BCUT2D eigenvalue weighted by molar-refractivity contribution is 5.96. The first-order valence-corrected chi connectivity index (χ1v) is 7.28. The summed E-state index contributed by atoms with van der Waals surface area (Å²) >= 11 is 0. The van der Waals surface area contributed by atoms with Gasteiger partial charge in [-0.05, 0) is 24.6 Å².